The van der Waals surface area contributed by atoms with Gasteiger partial charge < -0.3 is 25.2 Å². The van der Waals surface area contributed by atoms with Gasteiger partial charge in [-0.1, -0.05) is 0 Å². The zero-order chi connectivity index (χ0) is 19.5. The van der Waals surface area contributed by atoms with Gasteiger partial charge in [-0.15, -0.1) is 23.2 Å². The Labute approximate surface area is 160 Å². The molecule has 0 saturated carbocycles. The number of carboxylic acid groups (broad SMARTS) is 2. The molecule has 1 atom stereocenters. The van der Waals surface area contributed by atoms with Crippen molar-refractivity contribution in [3.05, 3.63) is 24.3 Å². The molecule has 0 aliphatic rings. The molecule has 8 nitrogen and oxygen atoms in total. The highest BCUT2D eigenvalue weighted by molar-refractivity contribution is 6.18. The predicted octanol–water partition coefficient (Wildman–Crippen LogP) is 2.38. The van der Waals surface area contributed by atoms with Crippen molar-refractivity contribution in [2.24, 2.45) is 0 Å². The summed E-state index contributed by atoms with van der Waals surface area (Å²) in [4.78, 5) is 35.4. The van der Waals surface area contributed by atoms with Crippen LogP contribution in [0.4, 0.5) is 10.5 Å². The zero-order valence-corrected chi connectivity index (χ0v) is 15.4. The third kappa shape index (κ3) is 7.79. The molecule has 0 aromatic heterocycles. The Morgan fingerprint density at radius 1 is 1.08 bits per heavy atom. The second-order valence-electron chi connectivity index (χ2n) is 5.22. The van der Waals surface area contributed by atoms with Gasteiger partial charge in [-0.2, -0.15) is 0 Å². The highest BCUT2D eigenvalue weighted by Crippen LogP contribution is 2.20. The summed E-state index contributed by atoms with van der Waals surface area (Å²) >= 11 is 11.5. The van der Waals surface area contributed by atoms with E-state index in [1.54, 1.807) is 24.3 Å². The molecule has 0 fully saturated rings. The van der Waals surface area contributed by atoms with Gasteiger partial charge in [-0.05, 0) is 30.7 Å². The molecule has 1 aromatic rings. The van der Waals surface area contributed by atoms with Crippen molar-refractivity contribution in [3.8, 4) is 5.75 Å². The van der Waals surface area contributed by atoms with Crippen molar-refractivity contribution in [2.45, 2.75) is 18.9 Å². The summed E-state index contributed by atoms with van der Waals surface area (Å²) in [5.74, 6) is -1.41. The fourth-order valence-corrected chi connectivity index (χ4v) is 2.51. The van der Waals surface area contributed by atoms with Gasteiger partial charge in [0.1, 0.15) is 11.8 Å². The first kappa shape index (κ1) is 21.9. The molecule has 0 unspecified atom stereocenters. The zero-order valence-electron chi connectivity index (χ0n) is 13.9. The molecule has 26 heavy (non-hydrogen) atoms. The van der Waals surface area contributed by atoms with Crippen LogP contribution in [0.1, 0.15) is 12.8 Å². The lowest BCUT2D eigenvalue weighted by Gasteiger charge is -2.23. The highest BCUT2D eigenvalue weighted by atomic mass is 35.5. The standard InChI is InChI=1S/C16H20Cl2N2O6/c17-7-9-20(10-8-18)11-1-3-12(4-2-11)26-16(25)19-13(15(23)24)5-6-14(21)22/h1-4,13H,5-10H2,(H,19,25)(H,21,22)(H,23,24)/t13-/m0/s1. The van der Waals surface area contributed by atoms with E-state index in [2.05, 4.69) is 5.32 Å². The Morgan fingerprint density at radius 2 is 1.65 bits per heavy atom. The average Bonchev–Trinajstić information content (AvgIpc) is 2.58. The first-order valence-corrected chi connectivity index (χ1v) is 8.84. The maximum atomic E-state index is 11.8. The Bertz CT molecular complexity index is 605. The van der Waals surface area contributed by atoms with Crippen molar-refractivity contribution in [3.63, 3.8) is 0 Å². The summed E-state index contributed by atoms with van der Waals surface area (Å²) in [7, 11) is 0. The fraction of sp³-hybridized carbons (Fsp3) is 0.438. The van der Waals surface area contributed by atoms with Gasteiger partial charge in [-0.25, -0.2) is 9.59 Å². The molecule has 0 aliphatic heterocycles. The molecule has 1 aromatic carbocycles. The lowest BCUT2D eigenvalue weighted by molar-refractivity contribution is -0.140. The fourth-order valence-electron chi connectivity index (χ4n) is 2.10. The van der Waals surface area contributed by atoms with E-state index in [1.165, 1.54) is 0 Å². The number of benzene rings is 1. The third-order valence-electron chi connectivity index (χ3n) is 3.36. The van der Waals surface area contributed by atoms with Crippen molar-refractivity contribution in [1.82, 2.24) is 5.32 Å². The summed E-state index contributed by atoms with van der Waals surface area (Å²) in [6, 6.07) is 5.21. The van der Waals surface area contributed by atoms with Crippen LogP contribution in [0.3, 0.4) is 0 Å². The molecule has 0 spiro atoms. The minimum atomic E-state index is -1.35. The Kier molecular flexibility index (Phi) is 9.61. The van der Waals surface area contributed by atoms with E-state index in [9.17, 15) is 14.4 Å². The number of alkyl halides is 2. The number of carbonyl (C=O) groups excluding carboxylic acids is 1. The van der Waals surface area contributed by atoms with E-state index in [4.69, 9.17) is 38.2 Å². The molecule has 0 radical (unpaired) electrons. The second-order valence-corrected chi connectivity index (χ2v) is 5.97. The predicted molar refractivity (Wildman–Crippen MR) is 97.5 cm³/mol. The smallest absolute Gasteiger partial charge is 0.413 e. The highest BCUT2D eigenvalue weighted by Gasteiger charge is 2.22. The number of anilines is 1. The van der Waals surface area contributed by atoms with Crippen LogP contribution in [0.15, 0.2) is 24.3 Å². The number of rotatable bonds is 11. The van der Waals surface area contributed by atoms with Crippen LogP contribution >= 0.6 is 23.2 Å². The van der Waals surface area contributed by atoms with Gasteiger partial charge in [0.15, 0.2) is 0 Å². The van der Waals surface area contributed by atoms with E-state index < -0.39 is 24.1 Å². The monoisotopic (exact) mass is 406 g/mol. The van der Waals surface area contributed by atoms with Crippen LogP contribution in [0.2, 0.25) is 0 Å². The Balaban J connectivity index is 2.65. The molecule has 0 aliphatic carbocycles. The number of carbonyl (C=O) groups is 3. The van der Waals surface area contributed by atoms with E-state index >= 15 is 0 Å². The number of hydrogen-bond acceptors (Lipinski definition) is 5. The van der Waals surface area contributed by atoms with Gasteiger partial charge in [0.25, 0.3) is 0 Å². The largest absolute Gasteiger partial charge is 0.481 e. The van der Waals surface area contributed by atoms with Crippen molar-refractivity contribution in [2.75, 3.05) is 29.7 Å². The average molecular weight is 407 g/mol. The molecule has 144 valence electrons. The van der Waals surface area contributed by atoms with Crippen molar-refractivity contribution >= 4 is 46.9 Å². The van der Waals surface area contributed by atoms with Gasteiger partial charge in [0, 0.05) is 37.0 Å². The Morgan fingerprint density at radius 3 is 2.12 bits per heavy atom. The normalized spacial score (nSPS) is 11.5. The van der Waals surface area contributed by atoms with Gasteiger partial charge >= 0.3 is 18.0 Å². The number of amides is 1. The topological polar surface area (TPSA) is 116 Å². The van der Waals surface area contributed by atoms with E-state index in [0.717, 1.165) is 5.69 Å². The minimum absolute atomic E-state index is 0.213. The molecule has 1 rings (SSSR count). The number of carboxylic acids is 2. The van der Waals surface area contributed by atoms with Crippen LogP contribution in [0, 0.1) is 0 Å². The quantitative estimate of drug-likeness (QED) is 0.483. The molecular formula is C16H20Cl2N2O6. The van der Waals surface area contributed by atoms with Gasteiger partial charge in [0.05, 0.1) is 0 Å². The number of ether oxygens (including phenoxy) is 1. The van der Waals surface area contributed by atoms with Crippen LogP contribution in [-0.2, 0) is 9.59 Å². The number of nitrogens with zero attached hydrogens (tertiary/aromatic N) is 1. The molecule has 10 heteroatoms. The summed E-state index contributed by atoms with van der Waals surface area (Å²) in [6.45, 7) is 1.22. The van der Waals surface area contributed by atoms with Gasteiger partial charge in [-0.3, -0.25) is 4.79 Å². The van der Waals surface area contributed by atoms with Crippen LogP contribution in [-0.4, -0.2) is 59.1 Å². The van der Waals surface area contributed by atoms with Crippen LogP contribution < -0.4 is 15.0 Å². The number of halogens is 2. The molecule has 0 bridgehead atoms. The number of hydrogen-bond donors (Lipinski definition) is 3. The molecule has 1 amide bonds. The van der Waals surface area contributed by atoms with Crippen molar-refractivity contribution < 1.29 is 29.3 Å². The third-order valence-corrected chi connectivity index (χ3v) is 3.70. The summed E-state index contributed by atoms with van der Waals surface area (Å²) in [5, 5.41) is 19.7. The first-order valence-electron chi connectivity index (χ1n) is 7.77. The minimum Gasteiger partial charge on any atom is -0.481 e. The summed E-state index contributed by atoms with van der Waals surface area (Å²) in [5.41, 5.74) is 0.851. The molecular weight excluding hydrogens is 387 g/mol. The lowest BCUT2D eigenvalue weighted by Crippen LogP contribution is -2.42. The number of nitrogens with one attached hydrogen (secondary N) is 1. The number of aliphatic carboxylic acids is 2. The van der Waals surface area contributed by atoms with E-state index in [0.29, 0.717) is 24.8 Å². The van der Waals surface area contributed by atoms with E-state index in [1.807, 2.05) is 4.90 Å². The molecule has 0 heterocycles. The molecule has 0 saturated heterocycles. The SMILES string of the molecule is O=C(O)CC[C@H](NC(=O)Oc1ccc(N(CCCl)CCCl)cc1)C(=O)O. The Hall–Kier alpha value is -2.19. The lowest BCUT2D eigenvalue weighted by atomic mass is 10.1. The van der Waals surface area contributed by atoms with Crippen LogP contribution in [0.25, 0.3) is 0 Å². The summed E-state index contributed by atoms with van der Waals surface area (Å²) < 4.78 is 5.03. The molecule has 3 N–H and O–H groups in total. The van der Waals surface area contributed by atoms with E-state index in [-0.39, 0.29) is 18.6 Å². The van der Waals surface area contributed by atoms with Gasteiger partial charge in [0.2, 0.25) is 0 Å². The maximum Gasteiger partial charge on any atom is 0.413 e. The first-order chi connectivity index (χ1) is 12.4. The van der Waals surface area contributed by atoms with Crippen molar-refractivity contribution in [1.29, 1.82) is 0 Å². The summed E-state index contributed by atoms with van der Waals surface area (Å²) in [6.07, 6.45) is -1.61. The maximum absolute atomic E-state index is 11.8. The second kappa shape index (κ2) is 11.4. The van der Waals surface area contributed by atoms with Crippen LogP contribution in [0.5, 0.6) is 5.75 Å².